The van der Waals surface area contributed by atoms with Crippen molar-refractivity contribution in [1.82, 2.24) is 5.01 Å². The first kappa shape index (κ1) is 22.5. The topological polar surface area (TPSA) is 113 Å². The second-order valence-corrected chi connectivity index (χ2v) is 7.87. The summed E-state index contributed by atoms with van der Waals surface area (Å²) >= 11 is 6.15. The number of carbonyl (C=O) groups is 3. The second kappa shape index (κ2) is 9.07. The number of ether oxygens (including phenoxy) is 2. The maximum Gasteiger partial charge on any atom is 0.263 e. The van der Waals surface area contributed by atoms with Gasteiger partial charge in [0, 0.05) is 6.07 Å². The van der Waals surface area contributed by atoms with Crippen molar-refractivity contribution in [2.24, 2.45) is 10.3 Å². The van der Waals surface area contributed by atoms with Crippen LogP contribution in [0.25, 0.3) is 0 Å². The highest BCUT2D eigenvalue weighted by atomic mass is 35.5. The zero-order valence-corrected chi connectivity index (χ0v) is 19.0. The summed E-state index contributed by atoms with van der Waals surface area (Å²) in [6.07, 6.45) is 0.842. The lowest BCUT2D eigenvalue weighted by Gasteiger charge is -2.20. The highest BCUT2D eigenvalue weighted by Crippen LogP contribution is 2.36. The Morgan fingerprint density at radius 3 is 2.42 bits per heavy atom. The number of benzene rings is 2. The maximum absolute atomic E-state index is 13.1. The van der Waals surface area contributed by atoms with Crippen LogP contribution in [0.5, 0.6) is 11.5 Å². The predicted molar refractivity (Wildman–Crippen MR) is 121 cm³/mol. The highest BCUT2D eigenvalue weighted by Gasteiger charge is 2.55. The van der Waals surface area contributed by atoms with Crippen LogP contribution in [0.1, 0.15) is 12.5 Å². The van der Waals surface area contributed by atoms with Crippen LogP contribution in [0.2, 0.25) is 5.02 Å². The van der Waals surface area contributed by atoms with Crippen LogP contribution >= 0.6 is 11.6 Å². The zero-order chi connectivity index (χ0) is 23.7. The number of hydrogen-bond donors (Lipinski definition) is 1. The van der Waals surface area contributed by atoms with Gasteiger partial charge in [-0.3, -0.25) is 19.4 Å². The van der Waals surface area contributed by atoms with E-state index in [9.17, 15) is 14.4 Å². The van der Waals surface area contributed by atoms with Gasteiger partial charge in [-0.15, -0.1) is 0 Å². The molecule has 0 bridgehead atoms. The lowest BCUT2D eigenvalue weighted by Crippen LogP contribution is -2.43. The van der Waals surface area contributed by atoms with Crippen molar-refractivity contribution in [3.8, 4) is 11.5 Å². The van der Waals surface area contributed by atoms with Crippen LogP contribution in [0.3, 0.4) is 0 Å². The van der Waals surface area contributed by atoms with Crippen LogP contribution in [0.15, 0.2) is 46.7 Å². The Morgan fingerprint density at radius 2 is 1.79 bits per heavy atom. The molecule has 2 aromatic carbocycles. The Bertz CT molecular complexity index is 1140. The molecule has 2 atom stereocenters. The molecule has 2 aliphatic heterocycles. The van der Waals surface area contributed by atoms with E-state index in [0.29, 0.717) is 22.9 Å². The third-order valence-corrected chi connectivity index (χ3v) is 5.81. The second-order valence-electron chi connectivity index (χ2n) is 7.46. The van der Waals surface area contributed by atoms with E-state index in [0.717, 1.165) is 16.9 Å². The van der Waals surface area contributed by atoms with E-state index >= 15 is 0 Å². The molecular weight excluding hydrogens is 450 g/mol. The molecule has 1 N–H and O–H groups in total. The van der Waals surface area contributed by atoms with Gasteiger partial charge in [-0.25, -0.2) is 4.90 Å². The summed E-state index contributed by atoms with van der Waals surface area (Å²) in [5.74, 6) is -0.689. The van der Waals surface area contributed by atoms with Gasteiger partial charge in [0.05, 0.1) is 30.6 Å². The summed E-state index contributed by atoms with van der Waals surface area (Å²) in [6.45, 7) is 1.73. The number of carbonyl (C=O) groups excluding carboxylic acids is 3. The van der Waals surface area contributed by atoms with E-state index in [2.05, 4.69) is 15.7 Å². The largest absolute Gasteiger partial charge is 0.495 e. The fourth-order valence-electron chi connectivity index (χ4n) is 3.78. The summed E-state index contributed by atoms with van der Waals surface area (Å²) in [6, 6.07) is 8.26. The first-order valence-corrected chi connectivity index (χ1v) is 10.6. The lowest BCUT2D eigenvalue weighted by molar-refractivity contribution is -0.123. The van der Waals surface area contributed by atoms with E-state index in [1.807, 2.05) is 19.1 Å². The molecule has 0 radical (unpaired) electrons. The molecule has 0 unspecified atom stereocenters. The summed E-state index contributed by atoms with van der Waals surface area (Å²) in [7, 11) is 2.91. The Morgan fingerprint density at radius 1 is 1.09 bits per heavy atom. The van der Waals surface area contributed by atoms with Crippen molar-refractivity contribution in [1.29, 1.82) is 0 Å². The molecule has 0 saturated carbocycles. The van der Waals surface area contributed by atoms with E-state index < -0.39 is 29.8 Å². The molecule has 10 nitrogen and oxygen atoms in total. The minimum atomic E-state index is -0.985. The molecule has 0 aliphatic carbocycles. The van der Waals surface area contributed by atoms with Gasteiger partial charge >= 0.3 is 0 Å². The smallest absolute Gasteiger partial charge is 0.263 e. The molecule has 11 heteroatoms. The van der Waals surface area contributed by atoms with Gasteiger partial charge in [-0.05, 0) is 30.2 Å². The highest BCUT2D eigenvalue weighted by molar-refractivity contribution is 6.32. The van der Waals surface area contributed by atoms with Gasteiger partial charge < -0.3 is 14.8 Å². The van der Waals surface area contributed by atoms with Gasteiger partial charge in [-0.2, -0.15) is 5.11 Å². The van der Waals surface area contributed by atoms with Crippen molar-refractivity contribution >= 4 is 40.7 Å². The standard InChI is InChI=1S/C22H22ClN5O5/c1-4-12-5-7-13(8-6-12)28-21(30)19-20(22(28)31)27(26-25-19)11-18(29)24-15-9-14(23)16(32-2)10-17(15)33-3/h5-10,19-20H,4,11H2,1-3H3,(H,24,29)/t19-,20+/m0/s1. The van der Waals surface area contributed by atoms with E-state index in [4.69, 9.17) is 21.1 Å². The number of aryl methyl sites for hydroxylation is 1. The molecular formula is C22H22ClN5O5. The van der Waals surface area contributed by atoms with Crippen LogP contribution in [0.4, 0.5) is 11.4 Å². The maximum atomic E-state index is 13.1. The fourth-order valence-corrected chi connectivity index (χ4v) is 4.02. The van der Waals surface area contributed by atoms with Crippen LogP contribution in [-0.2, 0) is 20.8 Å². The summed E-state index contributed by atoms with van der Waals surface area (Å²) < 4.78 is 10.4. The van der Waals surface area contributed by atoms with Gasteiger partial charge in [0.15, 0.2) is 12.1 Å². The average Bonchev–Trinajstić information content (AvgIpc) is 3.33. The van der Waals surface area contributed by atoms with Crippen LogP contribution in [0, 0.1) is 0 Å². The Balaban J connectivity index is 1.49. The molecule has 3 amide bonds. The fraction of sp³-hybridized carbons (Fsp3) is 0.318. The van der Waals surface area contributed by atoms with Crippen molar-refractivity contribution < 1.29 is 23.9 Å². The molecule has 1 fully saturated rings. The third-order valence-electron chi connectivity index (χ3n) is 5.51. The van der Waals surface area contributed by atoms with E-state index in [-0.39, 0.29) is 11.6 Å². The number of amides is 3. The molecule has 0 spiro atoms. The number of rotatable bonds is 7. The van der Waals surface area contributed by atoms with Crippen molar-refractivity contribution in [3.05, 3.63) is 47.0 Å². The Kier molecular flexibility index (Phi) is 6.19. The number of anilines is 2. The minimum Gasteiger partial charge on any atom is -0.495 e. The van der Waals surface area contributed by atoms with Crippen molar-refractivity contribution in [3.63, 3.8) is 0 Å². The number of methoxy groups -OCH3 is 2. The third kappa shape index (κ3) is 4.09. The Hall–Kier alpha value is -3.66. The zero-order valence-electron chi connectivity index (χ0n) is 18.2. The summed E-state index contributed by atoms with van der Waals surface area (Å²) in [5.41, 5.74) is 1.88. The number of fused-ring (bicyclic) bond motifs is 1. The monoisotopic (exact) mass is 471 g/mol. The average molecular weight is 472 g/mol. The van der Waals surface area contributed by atoms with E-state index in [1.165, 1.54) is 25.3 Å². The normalized spacial score (nSPS) is 19.2. The summed E-state index contributed by atoms with van der Waals surface area (Å²) in [5, 5.41) is 12.0. The van der Waals surface area contributed by atoms with Crippen molar-refractivity contribution in [2.75, 3.05) is 31.0 Å². The number of nitrogens with one attached hydrogen (secondary N) is 1. The molecule has 2 aliphatic rings. The number of hydrogen-bond acceptors (Lipinski definition) is 8. The Labute approximate surface area is 195 Å². The quantitative estimate of drug-likeness (QED) is 0.621. The molecule has 4 rings (SSSR count). The van der Waals surface area contributed by atoms with Crippen molar-refractivity contribution in [2.45, 2.75) is 25.4 Å². The first-order chi connectivity index (χ1) is 15.9. The molecule has 0 aromatic heterocycles. The molecule has 2 aromatic rings. The molecule has 33 heavy (non-hydrogen) atoms. The molecule has 1 saturated heterocycles. The molecule has 172 valence electrons. The van der Waals surface area contributed by atoms with Gasteiger partial charge in [-0.1, -0.05) is 35.9 Å². The minimum absolute atomic E-state index is 0.288. The SMILES string of the molecule is CCc1ccc(N2C(=O)[C@H]3N=NN(CC(=O)Nc4cc(Cl)c(OC)cc4OC)[C@H]3C2=O)cc1. The lowest BCUT2D eigenvalue weighted by atomic mass is 10.1. The van der Waals surface area contributed by atoms with E-state index in [1.54, 1.807) is 18.2 Å². The number of imide groups is 1. The number of halogens is 1. The summed E-state index contributed by atoms with van der Waals surface area (Å²) in [4.78, 5) is 39.7. The predicted octanol–water partition coefficient (Wildman–Crippen LogP) is 2.85. The van der Waals surface area contributed by atoms with Crippen LogP contribution in [-0.4, -0.2) is 55.6 Å². The number of nitrogens with zero attached hydrogens (tertiary/aromatic N) is 4. The van der Waals surface area contributed by atoms with Gasteiger partial charge in [0.25, 0.3) is 11.8 Å². The molecule has 2 heterocycles. The van der Waals surface area contributed by atoms with Gasteiger partial charge in [0.2, 0.25) is 5.91 Å². The first-order valence-electron chi connectivity index (χ1n) is 10.2. The van der Waals surface area contributed by atoms with Crippen LogP contribution < -0.4 is 19.7 Å². The van der Waals surface area contributed by atoms with Gasteiger partial charge in [0.1, 0.15) is 18.0 Å².